The van der Waals surface area contributed by atoms with E-state index in [2.05, 4.69) is 10.6 Å². The van der Waals surface area contributed by atoms with Crippen molar-refractivity contribution in [1.29, 1.82) is 0 Å². The smallest absolute Gasteiger partial charge is 0.295 e. The summed E-state index contributed by atoms with van der Waals surface area (Å²) >= 11 is 1.19. The van der Waals surface area contributed by atoms with Gasteiger partial charge in [-0.1, -0.05) is 30.3 Å². The van der Waals surface area contributed by atoms with E-state index in [0.29, 0.717) is 27.5 Å². The lowest BCUT2D eigenvalue weighted by molar-refractivity contribution is -0.113. The minimum Gasteiger partial charge on any atom is -0.322 e. The minimum atomic E-state index is -0.394. The van der Waals surface area contributed by atoms with Crippen LogP contribution in [-0.2, 0) is 11.8 Å². The SMILES string of the molecule is Cc1c(NC(=O)CSc2ccccc2C(=O)Nc2ccc(F)cc2)c(=O)n(-c2ccccc2)n1C. The topological polar surface area (TPSA) is 85.1 Å². The van der Waals surface area contributed by atoms with Crippen LogP contribution in [0.1, 0.15) is 16.1 Å². The van der Waals surface area contributed by atoms with E-state index in [1.165, 1.54) is 40.7 Å². The largest absolute Gasteiger partial charge is 0.322 e. The number of carbonyl (C=O) groups excluding carboxylic acids is 2. The molecule has 4 aromatic rings. The molecule has 4 rings (SSSR count). The lowest BCUT2D eigenvalue weighted by atomic mass is 10.2. The van der Waals surface area contributed by atoms with Crippen LogP contribution < -0.4 is 16.2 Å². The van der Waals surface area contributed by atoms with Gasteiger partial charge in [0.2, 0.25) is 5.91 Å². The molecular formula is C26H23FN4O3S. The van der Waals surface area contributed by atoms with Gasteiger partial charge < -0.3 is 10.6 Å². The van der Waals surface area contributed by atoms with Gasteiger partial charge in [-0.15, -0.1) is 11.8 Å². The maximum atomic E-state index is 13.1. The van der Waals surface area contributed by atoms with Gasteiger partial charge >= 0.3 is 0 Å². The minimum absolute atomic E-state index is 0.0000468. The first-order valence-corrected chi connectivity index (χ1v) is 11.8. The molecule has 0 atom stereocenters. The van der Waals surface area contributed by atoms with Gasteiger partial charge in [0, 0.05) is 17.6 Å². The molecule has 0 aliphatic rings. The third kappa shape index (κ3) is 5.36. The number of benzene rings is 3. The van der Waals surface area contributed by atoms with Crippen LogP contribution in [0.5, 0.6) is 0 Å². The van der Waals surface area contributed by atoms with E-state index in [1.807, 2.05) is 30.3 Å². The van der Waals surface area contributed by atoms with Crippen LogP contribution in [0.4, 0.5) is 15.8 Å². The average Bonchev–Trinajstić information content (AvgIpc) is 3.07. The predicted octanol–water partition coefficient (Wildman–Crippen LogP) is 4.61. The fraction of sp³-hybridized carbons (Fsp3) is 0.115. The van der Waals surface area contributed by atoms with Crippen LogP contribution in [0.25, 0.3) is 5.69 Å². The number of thioether (sulfide) groups is 1. The first kappa shape index (κ1) is 24.0. The number of amides is 2. The Morgan fingerprint density at radius 3 is 2.29 bits per heavy atom. The number of anilines is 2. The third-order valence-electron chi connectivity index (χ3n) is 5.41. The van der Waals surface area contributed by atoms with E-state index in [0.717, 1.165) is 0 Å². The van der Waals surface area contributed by atoms with Gasteiger partial charge in [0.05, 0.1) is 22.7 Å². The summed E-state index contributed by atoms with van der Waals surface area (Å²) in [6.45, 7) is 1.76. The average molecular weight is 491 g/mol. The van der Waals surface area contributed by atoms with Crippen molar-refractivity contribution in [2.45, 2.75) is 11.8 Å². The van der Waals surface area contributed by atoms with Crippen molar-refractivity contribution in [3.8, 4) is 5.69 Å². The molecule has 3 aromatic carbocycles. The van der Waals surface area contributed by atoms with E-state index in [9.17, 15) is 18.8 Å². The van der Waals surface area contributed by atoms with Crippen molar-refractivity contribution in [2.75, 3.05) is 16.4 Å². The molecule has 35 heavy (non-hydrogen) atoms. The molecule has 7 nitrogen and oxygen atoms in total. The molecule has 2 amide bonds. The van der Waals surface area contributed by atoms with Crippen molar-refractivity contribution >= 4 is 35.0 Å². The van der Waals surface area contributed by atoms with Crippen LogP contribution >= 0.6 is 11.8 Å². The highest BCUT2D eigenvalue weighted by Crippen LogP contribution is 2.24. The van der Waals surface area contributed by atoms with Gasteiger partial charge in [0.25, 0.3) is 11.5 Å². The van der Waals surface area contributed by atoms with E-state index >= 15 is 0 Å². The van der Waals surface area contributed by atoms with Crippen LogP contribution in [0, 0.1) is 12.7 Å². The number of nitrogens with zero attached hydrogens (tertiary/aromatic N) is 2. The Hall–Kier alpha value is -4.11. The van der Waals surface area contributed by atoms with Crippen LogP contribution in [0.3, 0.4) is 0 Å². The Balaban J connectivity index is 1.46. The van der Waals surface area contributed by atoms with Gasteiger partial charge in [-0.3, -0.25) is 19.1 Å². The summed E-state index contributed by atoms with van der Waals surface area (Å²) in [5.41, 5.74) is 2.05. The van der Waals surface area contributed by atoms with E-state index in [-0.39, 0.29) is 28.8 Å². The van der Waals surface area contributed by atoms with Crippen molar-refractivity contribution in [3.05, 3.63) is 106 Å². The van der Waals surface area contributed by atoms with Crippen molar-refractivity contribution in [2.24, 2.45) is 7.05 Å². The normalized spacial score (nSPS) is 10.7. The molecule has 0 spiro atoms. The molecule has 0 fully saturated rings. The van der Waals surface area contributed by atoms with Gasteiger partial charge in [-0.25, -0.2) is 9.07 Å². The van der Waals surface area contributed by atoms with Gasteiger partial charge in [-0.2, -0.15) is 0 Å². The highest BCUT2D eigenvalue weighted by atomic mass is 32.2. The molecule has 1 aromatic heterocycles. The maximum Gasteiger partial charge on any atom is 0.295 e. The van der Waals surface area contributed by atoms with Gasteiger partial charge in [0.1, 0.15) is 11.5 Å². The number of rotatable bonds is 7. The standard InChI is InChI=1S/C26H23FN4O3S/c1-17-24(26(34)31(30(17)2)20-8-4-3-5-9-20)29-23(32)16-35-22-11-7-6-10-21(22)25(33)28-19-14-12-18(27)13-15-19/h3-15H,16H2,1-2H3,(H,28,33)(H,29,32). The highest BCUT2D eigenvalue weighted by Gasteiger charge is 2.19. The van der Waals surface area contributed by atoms with Crippen LogP contribution in [-0.4, -0.2) is 26.9 Å². The quantitative estimate of drug-likeness (QED) is 0.371. The molecular weight excluding hydrogens is 467 g/mol. The summed E-state index contributed by atoms with van der Waals surface area (Å²) in [4.78, 5) is 39.1. The highest BCUT2D eigenvalue weighted by molar-refractivity contribution is 8.00. The Morgan fingerprint density at radius 1 is 0.914 bits per heavy atom. The Bertz CT molecular complexity index is 1430. The second-order valence-corrected chi connectivity index (χ2v) is 8.75. The molecule has 0 aliphatic carbocycles. The number of hydrogen-bond donors (Lipinski definition) is 2. The molecule has 0 saturated carbocycles. The number of aromatic nitrogens is 2. The fourth-order valence-corrected chi connectivity index (χ4v) is 4.39. The second-order valence-electron chi connectivity index (χ2n) is 7.73. The molecule has 178 valence electrons. The van der Waals surface area contributed by atoms with Gasteiger partial charge in [-0.05, 0) is 55.5 Å². The molecule has 0 radical (unpaired) electrons. The zero-order chi connectivity index (χ0) is 24.9. The zero-order valence-corrected chi connectivity index (χ0v) is 19.9. The van der Waals surface area contributed by atoms with E-state index in [4.69, 9.17) is 0 Å². The number of para-hydroxylation sites is 1. The Morgan fingerprint density at radius 2 is 1.57 bits per heavy atom. The fourth-order valence-electron chi connectivity index (χ4n) is 3.54. The molecule has 0 unspecified atom stereocenters. The zero-order valence-electron chi connectivity index (χ0n) is 19.1. The molecule has 0 aliphatic heterocycles. The Kier molecular flexibility index (Phi) is 7.17. The number of hydrogen-bond acceptors (Lipinski definition) is 4. The van der Waals surface area contributed by atoms with Crippen LogP contribution in [0.15, 0.2) is 88.6 Å². The summed E-state index contributed by atoms with van der Waals surface area (Å²) in [5, 5.41) is 5.45. The second kappa shape index (κ2) is 10.4. The summed E-state index contributed by atoms with van der Waals surface area (Å²) in [7, 11) is 1.75. The van der Waals surface area contributed by atoms with Crippen molar-refractivity contribution < 1.29 is 14.0 Å². The summed E-state index contributed by atoms with van der Waals surface area (Å²) in [6, 6.07) is 21.5. The molecule has 9 heteroatoms. The lowest BCUT2D eigenvalue weighted by Crippen LogP contribution is -2.23. The van der Waals surface area contributed by atoms with Crippen molar-refractivity contribution in [1.82, 2.24) is 9.36 Å². The van der Waals surface area contributed by atoms with Gasteiger partial charge in [0.15, 0.2) is 0 Å². The first-order chi connectivity index (χ1) is 16.8. The van der Waals surface area contributed by atoms with Crippen molar-refractivity contribution in [3.63, 3.8) is 0 Å². The molecule has 0 bridgehead atoms. The molecule has 2 N–H and O–H groups in total. The number of nitrogens with one attached hydrogen (secondary N) is 2. The van der Waals surface area contributed by atoms with E-state index in [1.54, 1.807) is 42.9 Å². The maximum absolute atomic E-state index is 13.1. The number of carbonyl (C=O) groups is 2. The lowest BCUT2D eigenvalue weighted by Gasteiger charge is -2.10. The van der Waals surface area contributed by atoms with Crippen LogP contribution in [0.2, 0.25) is 0 Å². The monoisotopic (exact) mass is 490 g/mol. The molecule has 1 heterocycles. The third-order valence-corrected chi connectivity index (χ3v) is 6.48. The molecule has 0 saturated heterocycles. The van der Waals surface area contributed by atoms with E-state index < -0.39 is 5.82 Å². The summed E-state index contributed by atoms with van der Waals surface area (Å²) in [5.74, 6) is -1.13. The summed E-state index contributed by atoms with van der Waals surface area (Å²) < 4.78 is 16.3. The predicted molar refractivity (Wildman–Crippen MR) is 136 cm³/mol. The summed E-state index contributed by atoms with van der Waals surface area (Å²) in [6.07, 6.45) is 0. The first-order valence-electron chi connectivity index (χ1n) is 10.8. The Labute approximate surface area is 205 Å². The number of halogens is 1.